The van der Waals surface area contributed by atoms with Crippen LogP contribution in [0.25, 0.3) is 21.5 Å². The van der Waals surface area contributed by atoms with Gasteiger partial charge in [0.2, 0.25) is 5.69 Å². The maximum Gasteiger partial charge on any atom is 0.264 e. The van der Waals surface area contributed by atoms with Crippen molar-refractivity contribution in [1.82, 2.24) is 6.15 Å². The molecule has 0 unspecified atom stereocenters. The van der Waals surface area contributed by atoms with Gasteiger partial charge in [0.15, 0.2) is 5.71 Å². The first-order valence-corrected chi connectivity index (χ1v) is 25.2. The second-order valence-corrected chi connectivity index (χ2v) is 22.2. The maximum atomic E-state index is 11.5. The SMILES string of the molecule is CC1(C)C(/C=C/C2=C(Cl)C(=C/C=C3/N(CCCCS(=O)(=O)O)c4ccc5cc(Br)ccc5c4C3(C)C)/CCC2)=[N+](CCCCS(=O)(=O)O)c2ccc3cc(Br)ccc3c21.[NH4+]. The van der Waals surface area contributed by atoms with E-state index in [1.807, 2.05) is 0 Å². The van der Waals surface area contributed by atoms with Crippen LogP contribution < -0.4 is 11.1 Å². The van der Waals surface area contributed by atoms with Gasteiger partial charge >= 0.3 is 0 Å². The summed E-state index contributed by atoms with van der Waals surface area (Å²) in [6, 6.07) is 21.3. The quantitative estimate of drug-likeness (QED) is 0.0685. The van der Waals surface area contributed by atoms with Crippen LogP contribution in [0.15, 0.2) is 116 Å². The van der Waals surface area contributed by atoms with E-state index in [9.17, 15) is 25.9 Å². The summed E-state index contributed by atoms with van der Waals surface area (Å²) in [6.07, 6.45) is 13.1. The van der Waals surface area contributed by atoms with Gasteiger partial charge in [0.25, 0.3) is 20.2 Å². The zero-order chi connectivity index (χ0) is 42.5. The van der Waals surface area contributed by atoms with Crippen molar-refractivity contribution in [3.63, 3.8) is 0 Å². The highest BCUT2D eigenvalue weighted by Gasteiger charge is 2.46. The first-order chi connectivity index (χ1) is 27.8. The van der Waals surface area contributed by atoms with Crippen LogP contribution in [-0.4, -0.2) is 60.8 Å². The van der Waals surface area contributed by atoms with Gasteiger partial charge < -0.3 is 11.1 Å². The minimum Gasteiger partial charge on any atom is -0.369 e. The third kappa shape index (κ3) is 9.58. The third-order valence-electron chi connectivity index (χ3n) is 12.0. The van der Waals surface area contributed by atoms with E-state index in [-0.39, 0.29) is 28.5 Å². The molecule has 0 saturated heterocycles. The summed E-state index contributed by atoms with van der Waals surface area (Å²) in [5.41, 5.74) is 8.17. The van der Waals surface area contributed by atoms with Crippen LogP contribution in [0.2, 0.25) is 0 Å². The van der Waals surface area contributed by atoms with E-state index in [4.69, 9.17) is 11.6 Å². The Balaban J connectivity index is 0.00000604. The molecule has 4 aromatic rings. The Kier molecular flexibility index (Phi) is 13.8. The van der Waals surface area contributed by atoms with Crippen molar-refractivity contribution in [2.75, 3.05) is 29.5 Å². The number of fused-ring (bicyclic) bond motifs is 6. The van der Waals surface area contributed by atoms with E-state index < -0.39 is 20.2 Å². The number of unbranched alkanes of at least 4 members (excludes halogenated alkanes) is 2. The number of rotatable bonds is 13. The van der Waals surface area contributed by atoms with Crippen molar-refractivity contribution in [3.8, 4) is 0 Å². The molecule has 0 amide bonds. The highest BCUT2D eigenvalue weighted by Crippen LogP contribution is 2.51. The fourth-order valence-corrected chi connectivity index (χ4v) is 11.5. The predicted octanol–water partition coefficient (Wildman–Crippen LogP) is 12.4. The number of halogens is 3. The molecule has 6 N–H and O–H groups in total. The molecule has 2 heterocycles. The van der Waals surface area contributed by atoms with E-state index in [1.165, 1.54) is 21.9 Å². The van der Waals surface area contributed by atoms with Gasteiger partial charge in [-0.25, -0.2) is 0 Å². The molecular formula is C46H54Br2ClN3O6S2+2. The van der Waals surface area contributed by atoms with Crippen molar-refractivity contribution in [2.24, 2.45) is 0 Å². The lowest BCUT2D eigenvalue weighted by Crippen LogP contribution is -2.28. The first kappa shape index (κ1) is 46.4. The molecule has 0 saturated carbocycles. The lowest BCUT2D eigenvalue weighted by atomic mass is 9.78. The summed E-state index contributed by atoms with van der Waals surface area (Å²) < 4.78 is 69.2. The summed E-state index contributed by atoms with van der Waals surface area (Å²) in [4.78, 5) is 2.29. The van der Waals surface area contributed by atoms with Crippen molar-refractivity contribution in [1.29, 1.82) is 0 Å². The average molecular weight is 1000 g/mol. The van der Waals surface area contributed by atoms with E-state index in [1.54, 1.807) is 0 Å². The molecule has 1 aliphatic carbocycles. The van der Waals surface area contributed by atoms with Crippen LogP contribution in [0.4, 0.5) is 11.4 Å². The summed E-state index contributed by atoms with van der Waals surface area (Å²) in [7, 11) is -8.09. The molecule has 14 heteroatoms. The van der Waals surface area contributed by atoms with Gasteiger partial charge in [-0.1, -0.05) is 87.7 Å². The van der Waals surface area contributed by atoms with Gasteiger partial charge in [0, 0.05) is 61.4 Å². The maximum absolute atomic E-state index is 11.5. The van der Waals surface area contributed by atoms with Gasteiger partial charge in [-0.2, -0.15) is 21.4 Å². The van der Waals surface area contributed by atoms with Gasteiger partial charge in [-0.15, -0.1) is 0 Å². The smallest absolute Gasteiger partial charge is 0.264 e. The molecule has 0 fully saturated rings. The molecule has 60 heavy (non-hydrogen) atoms. The molecule has 0 radical (unpaired) electrons. The zero-order valence-electron chi connectivity index (χ0n) is 34.7. The van der Waals surface area contributed by atoms with E-state index in [2.05, 4.69) is 154 Å². The van der Waals surface area contributed by atoms with Gasteiger partial charge in [0.1, 0.15) is 6.54 Å². The largest absolute Gasteiger partial charge is 0.369 e. The second kappa shape index (κ2) is 17.9. The monoisotopic (exact) mass is 1000 g/mol. The topological polar surface area (TPSA) is 151 Å². The summed E-state index contributed by atoms with van der Waals surface area (Å²) in [5, 5.41) is 5.34. The van der Waals surface area contributed by atoms with Crippen LogP contribution in [0.3, 0.4) is 0 Å². The molecule has 9 nitrogen and oxygen atoms in total. The van der Waals surface area contributed by atoms with Gasteiger partial charge in [-0.3, -0.25) is 9.11 Å². The number of benzene rings is 4. The Morgan fingerprint density at radius 1 is 0.750 bits per heavy atom. The Morgan fingerprint density at radius 3 is 1.98 bits per heavy atom. The van der Waals surface area contributed by atoms with Crippen LogP contribution in [0.1, 0.15) is 83.8 Å². The molecular weight excluding hydrogens is 950 g/mol. The molecule has 0 aromatic heterocycles. The lowest BCUT2D eigenvalue weighted by molar-refractivity contribution is -0.438. The Bertz CT molecular complexity index is 2760. The van der Waals surface area contributed by atoms with Gasteiger partial charge in [-0.05, 0) is 133 Å². The molecule has 320 valence electrons. The Labute approximate surface area is 376 Å². The molecule has 3 aliphatic rings. The summed E-state index contributed by atoms with van der Waals surface area (Å²) >= 11 is 14.6. The highest BCUT2D eigenvalue weighted by molar-refractivity contribution is 9.10. The molecule has 0 spiro atoms. The number of hydrogen-bond donors (Lipinski definition) is 3. The molecule has 0 bridgehead atoms. The Hall–Kier alpha value is -3.14. The molecule has 0 atom stereocenters. The second-order valence-electron chi connectivity index (χ2n) is 16.8. The predicted molar refractivity (Wildman–Crippen MR) is 256 cm³/mol. The van der Waals surface area contributed by atoms with E-state index in [0.29, 0.717) is 38.8 Å². The van der Waals surface area contributed by atoms with Crippen LogP contribution >= 0.6 is 43.5 Å². The minimum atomic E-state index is -4.05. The summed E-state index contributed by atoms with van der Waals surface area (Å²) in [5.74, 6) is -0.545. The average Bonchev–Trinajstić information content (AvgIpc) is 3.51. The first-order valence-electron chi connectivity index (χ1n) is 20.0. The standard InChI is InChI=1S/C46H49Br2ClN2O6S2.H3N/c1-45(2)40(50(24-5-7-26-58(52,53)54)38-20-12-32-28-34(47)16-18-36(32)42(38)45)22-14-30-10-9-11-31(44(30)49)15-23-41-46(3,4)43-37-19-17-35(48)29-33(37)13-21-39(43)51(41)25-6-8-27-59(55,56)57;/h12-23,28-29H,5-11,24-27H2,1-4H3,(H-,52,53,54,55,56,57);1H3/p+2. The van der Waals surface area contributed by atoms with Crippen molar-refractivity contribution >= 4 is 102 Å². The number of hydrogen-bond acceptors (Lipinski definition) is 5. The van der Waals surface area contributed by atoms with Crippen molar-refractivity contribution in [2.45, 2.75) is 83.5 Å². The number of anilines is 1. The number of nitrogens with zero attached hydrogens (tertiary/aromatic N) is 2. The van der Waals surface area contributed by atoms with E-state index >= 15 is 0 Å². The lowest BCUT2D eigenvalue weighted by Gasteiger charge is -2.27. The van der Waals surface area contributed by atoms with Gasteiger partial charge in [0.05, 0.1) is 16.9 Å². The molecule has 7 rings (SSSR count). The fraction of sp³-hybridized carbons (Fsp3) is 0.370. The number of allylic oxidation sites excluding steroid dienone is 8. The number of quaternary nitrogens is 1. The van der Waals surface area contributed by atoms with Crippen LogP contribution in [0, 0.1) is 0 Å². The highest BCUT2D eigenvalue weighted by atomic mass is 79.9. The minimum absolute atomic E-state index is 0. The van der Waals surface area contributed by atoms with Crippen molar-refractivity contribution < 1.29 is 30.5 Å². The van der Waals surface area contributed by atoms with Crippen LogP contribution in [-0.2, 0) is 31.1 Å². The normalized spacial score (nSPS) is 19.0. The summed E-state index contributed by atoms with van der Waals surface area (Å²) in [6.45, 7) is 10.1. The van der Waals surface area contributed by atoms with Crippen LogP contribution in [0.5, 0.6) is 0 Å². The van der Waals surface area contributed by atoms with E-state index in [0.717, 1.165) is 77.9 Å². The van der Waals surface area contributed by atoms with Crippen molar-refractivity contribution in [3.05, 3.63) is 127 Å². The third-order valence-corrected chi connectivity index (χ3v) is 15.1. The molecule has 2 aliphatic heterocycles. The fourth-order valence-electron chi connectivity index (χ4n) is 9.29. The molecule has 4 aromatic carbocycles. The Morgan fingerprint density at radius 2 is 1.35 bits per heavy atom. The zero-order valence-corrected chi connectivity index (χ0v) is 40.3.